The highest BCUT2D eigenvalue weighted by Gasteiger charge is 2.34. The Morgan fingerprint density at radius 1 is 1.06 bits per heavy atom. The Hall–Kier alpha value is -3.31. The number of amides is 2. The normalized spacial score (nSPS) is 13.6. The van der Waals surface area contributed by atoms with E-state index in [0.717, 1.165) is 22.4 Å². The van der Waals surface area contributed by atoms with Crippen LogP contribution in [0.5, 0.6) is 5.75 Å². The van der Waals surface area contributed by atoms with E-state index in [4.69, 9.17) is 16.3 Å². The molecule has 0 saturated heterocycles. The van der Waals surface area contributed by atoms with E-state index < -0.39 is 6.04 Å². The number of benzene rings is 3. The summed E-state index contributed by atoms with van der Waals surface area (Å²) in [4.78, 5) is 27.7. The zero-order valence-electron chi connectivity index (χ0n) is 17.2. The molecule has 1 unspecified atom stereocenters. The van der Waals surface area contributed by atoms with Gasteiger partial charge < -0.3 is 15.0 Å². The fraction of sp³-hybridized carbons (Fsp3) is 0.200. The van der Waals surface area contributed by atoms with Gasteiger partial charge in [-0.05, 0) is 41.0 Å². The van der Waals surface area contributed by atoms with Crippen molar-refractivity contribution >= 4 is 23.4 Å². The molecule has 0 saturated carbocycles. The SMILES string of the molecule is COc1ccc(C(CC(=O)NCc2ccccc2Cl)N2Cc3ccccc3C2=O)cc1. The number of hydrogen-bond donors (Lipinski definition) is 1. The molecule has 0 aliphatic carbocycles. The molecule has 2 amide bonds. The molecule has 158 valence electrons. The molecule has 0 radical (unpaired) electrons. The van der Waals surface area contributed by atoms with Gasteiger partial charge in [-0.3, -0.25) is 9.59 Å². The molecule has 5 nitrogen and oxygen atoms in total. The second-order valence-corrected chi connectivity index (χ2v) is 7.86. The van der Waals surface area contributed by atoms with Crippen LogP contribution in [-0.2, 0) is 17.9 Å². The van der Waals surface area contributed by atoms with Crippen molar-refractivity contribution in [2.24, 2.45) is 0 Å². The molecule has 0 fully saturated rings. The average molecular weight is 435 g/mol. The fourth-order valence-corrected chi connectivity index (χ4v) is 4.05. The quantitative estimate of drug-likeness (QED) is 0.583. The molecule has 31 heavy (non-hydrogen) atoms. The molecule has 1 N–H and O–H groups in total. The van der Waals surface area contributed by atoms with E-state index in [9.17, 15) is 9.59 Å². The minimum atomic E-state index is -0.392. The molecule has 1 heterocycles. The van der Waals surface area contributed by atoms with E-state index in [2.05, 4.69) is 5.32 Å². The summed E-state index contributed by atoms with van der Waals surface area (Å²) < 4.78 is 5.25. The summed E-state index contributed by atoms with van der Waals surface area (Å²) in [7, 11) is 1.61. The fourth-order valence-electron chi connectivity index (χ4n) is 3.85. The van der Waals surface area contributed by atoms with Crippen LogP contribution in [0, 0.1) is 0 Å². The Morgan fingerprint density at radius 2 is 1.77 bits per heavy atom. The number of hydrogen-bond acceptors (Lipinski definition) is 3. The van der Waals surface area contributed by atoms with Gasteiger partial charge in [0.2, 0.25) is 5.91 Å². The van der Waals surface area contributed by atoms with Crippen molar-refractivity contribution in [1.82, 2.24) is 10.2 Å². The number of carbonyl (C=O) groups is 2. The number of rotatable bonds is 7. The maximum Gasteiger partial charge on any atom is 0.255 e. The summed E-state index contributed by atoms with van der Waals surface area (Å²) in [5.41, 5.74) is 3.40. The largest absolute Gasteiger partial charge is 0.497 e. The van der Waals surface area contributed by atoms with Gasteiger partial charge in [0.15, 0.2) is 0 Å². The van der Waals surface area contributed by atoms with Crippen molar-refractivity contribution in [1.29, 1.82) is 0 Å². The van der Waals surface area contributed by atoms with Crippen molar-refractivity contribution in [3.8, 4) is 5.75 Å². The van der Waals surface area contributed by atoms with Crippen molar-refractivity contribution < 1.29 is 14.3 Å². The summed E-state index contributed by atoms with van der Waals surface area (Å²) in [6.07, 6.45) is 0.149. The first-order chi connectivity index (χ1) is 15.1. The van der Waals surface area contributed by atoms with Crippen LogP contribution < -0.4 is 10.1 Å². The number of halogens is 1. The van der Waals surface area contributed by atoms with Gasteiger partial charge in [-0.1, -0.05) is 60.1 Å². The molecular formula is C25H23ClN2O3. The van der Waals surface area contributed by atoms with E-state index in [1.807, 2.05) is 66.7 Å². The Kier molecular flexibility index (Phi) is 6.23. The minimum absolute atomic E-state index is 0.0599. The average Bonchev–Trinajstić information content (AvgIpc) is 3.13. The smallest absolute Gasteiger partial charge is 0.255 e. The van der Waals surface area contributed by atoms with Gasteiger partial charge in [-0.15, -0.1) is 0 Å². The summed E-state index contributed by atoms with van der Waals surface area (Å²) in [6, 6.07) is 22.1. The first kappa shape index (κ1) is 20.9. The molecular weight excluding hydrogens is 412 g/mol. The van der Waals surface area contributed by atoms with Gasteiger partial charge in [0.1, 0.15) is 5.75 Å². The van der Waals surface area contributed by atoms with Crippen LogP contribution in [-0.4, -0.2) is 23.8 Å². The van der Waals surface area contributed by atoms with E-state index in [1.165, 1.54) is 0 Å². The van der Waals surface area contributed by atoms with Gasteiger partial charge in [-0.25, -0.2) is 0 Å². The lowest BCUT2D eigenvalue weighted by Gasteiger charge is -2.28. The van der Waals surface area contributed by atoms with Gasteiger partial charge in [-0.2, -0.15) is 0 Å². The monoisotopic (exact) mass is 434 g/mol. The van der Waals surface area contributed by atoms with E-state index in [1.54, 1.807) is 18.1 Å². The number of ether oxygens (including phenoxy) is 1. The number of carbonyl (C=O) groups excluding carboxylic acids is 2. The predicted octanol–water partition coefficient (Wildman–Crippen LogP) is 4.75. The maximum atomic E-state index is 13.1. The van der Waals surface area contributed by atoms with Crippen LogP contribution in [0.2, 0.25) is 5.02 Å². The Balaban J connectivity index is 1.55. The van der Waals surface area contributed by atoms with Crippen molar-refractivity contribution in [3.63, 3.8) is 0 Å². The number of nitrogens with zero attached hydrogens (tertiary/aromatic N) is 1. The third kappa shape index (κ3) is 4.57. The molecule has 0 aromatic heterocycles. The van der Waals surface area contributed by atoms with Crippen LogP contribution in [0.1, 0.15) is 39.5 Å². The maximum absolute atomic E-state index is 13.1. The topological polar surface area (TPSA) is 58.6 Å². The summed E-state index contributed by atoms with van der Waals surface area (Å²) in [5.74, 6) is 0.515. The van der Waals surface area contributed by atoms with Crippen LogP contribution in [0.4, 0.5) is 0 Å². The van der Waals surface area contributed by atoms with Crippen LogP contribution in [0.15, 0.2) is 72.8 Å². The third-order valence-electron chi connectivity index (χ3n) is 5.54. The molecule has 6 heteroatoms. The highest BCUT2D eigenvalue weighted by molar-refractivity contribution is 6.31. The third-order valence-corrected chi connectivity index (χ3v) is 5.91. The van der Waals surface area contributed by atoms with E-state index in [0.29, 0.717) is 23.7 Å². The molecule has 0 spiro atoms. The van der Waals surface area contributed by atoms with Crippen LogP contribution >= 0.6 is 11.6 Å². The standard InChI is InChI=1S/C25H23ClN2O3/c1-31-20-12-10-17(11-13-20)23(28-16-19-7-2-4-8-21(19)25(28)30)14-24(29)27-15-18-6-3-5-9-22(18)26/h2-13,23H,14-16H2,1H3,(H,27,29). The first-order valence-electron chi connectivity index (χ1n) is 10.1. The van der Waals surface area contributed by atoms with Gasteiger partial charge in [0.25, 0.3) is 5.91 Å². The second-order valence-electron chi connectivity index (χ2n) is 7.45. The Labute approximate surface area is 186 Å². The Morgan fingerprint density at radius 3 is 2.48 bits per heavy atom. The highest BCUT2D eigenvalue weighted by Crippen LogP contribution is 2.34. The zero-order valence-corrected chi connectivity index (χ0v) is 17.9. The lowest BCUT2D eigenvalue weighted by atomic mass is 10.0. The molecule has 3 aromatic carbocycles. The first-order valence-corrected chi connectivity index (χ1v) is 10.5. The van der Waals surface area contributed by atoms with Crippen molar-refractivity contribution in [2.75, 3.05) is 7.11 Å². The molecule has 1 aliphatic rings. The molecule has 4 rings (SSSR count). The lowest BCUT2D eigenvalue weighted by molar-refractivity contribution is -0.122. The number of methoxy groups -OCH3 is 1. The van der Waals surface area contributed by atoms with E-state index in [-0.39, 0.29) is 18.2 Å². The second kappa shape index (κ2) is 9.23. The van der Waals surface area contributed by atoms with Crippen LogP contribution in [0.3, 0.4) is 0 Å². The lowest BCUT2D eigenvalue weighted by Crippen LogP contribution is -2.34. The van der Waals surface area contributed by atoms with Crippen molar-refractivity contribution in [3.05, 3.63) is 100 Å². The Bertz CT molecular complexity index is 1100. The van der Waals surface area contributed by atoms with Gasteiger partial charge in [0.05, 0.1) is 19.6 Å². The van der Waals surface area contributed by atoms with Crippen LogP contribution in [0.25, 0.3) is 0 Å². The van der Waals surface area contributed by atoms with Gasteiger partial charge in [0, 0.05) is 23.7 Å². The molecule has 0 bridgehead atoms. The molecule has 1 atom stereocenters. The zero-order chi connectivity index (χ0) is 21.8. The number of nitrogens with one attached hydrogen (secondary N) is 1. The predicted molar refractivity (Wildman–Crippen MR) is 120 cm³/mol. The van der Waals surface area contributed by atoms with Gasteiger partial charge >= 0.3 is 0 Å². The number of fused-ring (bicyclic) bond motifs is 1. The van der Waals surface area contributed by atoms with E-state index >= 15 is 0 Å². The summed E-state index contributed by atoms with van der Waals surface area (Å²) >= 11 is 6.20. The highest BCUT2D eigenvalue weighted by atomic mass is 35.5. The molecule has 3 aromatic rings. The summed E-state index contributed by atoms with van der Waals surface area (Å²) in [5, 5.41) is 3.55. The summed E-state index contributed by atoms with van der Waals surface area (Å²) in [6.45, 7) is 0.811. The van der Waals surface area contributed by atoms with Crippen molar-refractivity contribution in [2.45, 2.75) is 25.6 Å². The molecule has 1 aliphatic heterocycles. The minimum Gasteiger partial charge on any atom is -0.497 e.